The lowest BCUT2D eigenvalue weighted by Crippen LogP contribution is -2.31. The molecule has 1 amide bonds. The summed E-state index contributed by atoms with van der Waals surface area (Å²) in [5.74, 6) is 0.316. The maximum Gasteiger partial charge on any atom is 0.226 e. The maximum absolute atomic E-state index is 13.5. The molecule has 0 spiro atoms. The largest absolute Gasteiger partial charge is 0.354 e. The summed E-state index contributed by atoms with van der Waals surface area (Å²) in [6.07, 6.45) is 0.287. The molecule has 1 N–H and O–H groups in total. The van der Waals surface area contributed by atoms with Crippen LogP contribution in [0.1, 0.15) is 25.1 Å². The van der Waals surface area contributed by atoms with Gasteiger partial charge < -0.3 is 5.32 Å². The summed E-state index contributed by atoms with van der Waals surface area (Å²) in [7, 11) is 0. The average Bonchev–Trinajstić information content (AvgIpc) is 2.84. The summed E-state index contributed by atoms with van der Waals surface area (Å²) in [6, 6.07) is 6.86. The Morgan fingerprint density at radius 2 is 2.19 bits per heavy atom. The number of benzene rings is 1. The average molecular weight is 324 g/mol. The second-order valence-corrected chi connectivity index (χ2v) is 6.96. The summed E-state index contributed by atoms with van der Waals surface area (Å²) < 4.78 is 14.4. The second-order valence-electron chi connectivity index (χ2n) is 4.88. The number of halogens is 1. The van der Waals surface area contributed by atoms with Crippen LogP contribution in [0.15, 0.2) is 34.0 Å². The standard InChI is InChI=1S/C15H17FN2OS2/c1-10(2)17-14(19)7-12-9-21-15(18-12)20-8-11-5-3-4-6-13(11)16/h3-6,9-10H,7-8H2,1-2H3,(H,17,19). The molecule has 0 aliphatic heterocycles. The van der Waals surface area contributed by atoms with Gasteiger partial charge in [-0.2, -0.15) is 0 Å². The summed E-state index contributed by atoms with van der Waals surface area (Å²) in [6.45, 7) is 3.85. The zero-order valence-electron chi connectivity index (χ0n) is 11.9. The van der Waals surface area contributed by atoms with Crippen LogP contribution >= 0.6 is 23.1 Å². The van der Waals surface area contributed by atoms with Crippen molar-refractivity contribution in [2.24, 2.45) is 0 Å². The van der Waals surface area contributed by atoms with Crippen LogP contribution in [0, 0.1) is 5.82 Å². The van der Waals surface area contributed by atoms with Crippen molar-refractivity contribution in [2.75, 3.05) is 0 Å². The topological polar surface area (TPSA) is 42.0 Å². The molecule has 0 atom stereocenters. The molecule has 1 heterocycles. The molecule has 1 aromatic heterocycles. The fraction of sp³-hybridized carbons (Fsp3) is 0.333. The minimum atomic E-state index is -0.196. The molecule has 0 bridgehead atoms. The third-order valence-electron chi connectivity index (χ3n) is 2.63. The van der Waals surface area contributed by atoms with Crippen LogP contribution in [0.3, 0.4) is 0 Å². The van der Waals surface area contributed by atoms with Crippen molar-refractivity contribution in [3.05, 3.63) is 46.7 Å². The molecule has 2 rings (SSSR count). The molecule has 0 aliphatic carbocycles. The monoisotopic (exact) mass is 324 g/mol. The van der Waals surface area contributed by atoms with E-state index < -0.39 is 0 Å². The number of carbonyl (C=O) groups is 1. The van der Waals surface area contributed by atoms with E-state index in [1.165, 1.54) is 29.2 Å². The smallest absolute Gasteiger partial charge is 0.226 e. The maximum atomic E-state index is 13.5. The van der Waals surface area contributed by atoms with Gasteiger partial charge >= 0.3 is 0 Å². The molecule has 1 aromatic carbocycles. The van der Waals surface area contributed by atoms with Gasteiger partial charge in [-0.3, -0.25) is 4.79 Å². The predicted octanol–water partition coefficient (Wildman–Crippen LogP) is 3.64. The van der Waals surface area contributed by atoms with Crippen LogP contribution < -0.4 is 5.32 Å². The highest BCUT2D eigenvalue weighted by atomic mass is 32.2. The van der Waals surface area contributed by atoms with E-state index in [9.17, 15) is 9.18 Å². The molecule has 112 valence electrons. The number of carbonyl (C=O) groups excluding carboxylic acids is 1. The number of aromatic nitrogens is 1. The van der Waals surface area contributed by atoms with Crippen LogP contribution in [0.5, 0.6) is 0 Å². The summed E-state index contributed by atoms with van der Waals surface area (Å²) in [5.41, 5.74) is 1.42. The predicted molar refractivity (Wildman–Crippen MR) is 85.1 cm³/mol. The third kappa shape index (κ3) is 5.13. The number of thiazole rings is 1. The SMILES string of the molecule is CC(C)NC(=O)Cc1csc(SCc2ccccc2F)n1. The molecule has 0 fully saturated rings. The fourth-order valence-electron chi connectivity index (χ4n) is 1.73. The third-order valence-corrected chi connectivity index (χ3v) is 4.75. The lowest BCUT2D eigenvalue weighted by atomic mass is 10.2. The number of amides is 1. The zero-order valence-corrected chi connectivity index (χ0v) is 13.6. The lowest BCUT2D eigenvalue weighted by Gasteiger charge is -2.06. The minimum absolute atomic E-state index is 0.0269. The highest BCUT2D eigenvalue weighted by Gasteiger charge is 2.10. The first kappa shape index (κ1) is 16.0. The van der Waals surface area contributed by atoms with E-state index in [2.05, 4.69) is 10.3 Å². The van der Waals surface area contributed by atoms with Crippen molar-refractivity contribution in [1.29, 1.82) is 0 Å². The number of hydrogen-bond donors (Lipinski definition) is 1. The first-order chi connectivity index (χ1) is 10.0. The first-order valence-corrected chi connectivity index (χ1v) is 8.51. The number of thioether (sulfide) groups is 1. The molecule has 0 radical (unpaired) electrons. The Hall–Kier alpha value is -1.40. The summed E-state index contributed by atoms with van der Waals surface area (Å²) >= 11 is 2.97. The van der Waals surface area contributed by atoms with Gasteiger partial charge in [0.15, 0.2) is 0 Å². The van der Waals surface area contributed by atoms with E-state index in [1.54, 1.807) is 12.1 Å². The van der Waals surface area contributed by atoms with Crippen LogP contribution in [0.2, 0.25) is 0 Å². The molecule has 0 saturated carbocycles. The van der Waals surface area contributed by atoms with Crippen LogP contribution in [-0.2, 0) is 17.0 Å². The Morgan fingerprint density at radius 1 is 1.43 bits per heavy atom. The lowest BCUT2D eigenvalue weighted by molar-refractivity contribution is -0.120. The Kier molecular flexibility index (Phi) is 5.76. The van der Waals surface area contributed by atoms with Gasteiger partial charge in [0.2, 0.25) is 5.91 Å². The molecule has 21 heavy (non-hydrogen) atoms. The molecule has 3 nitrogen and oxygen atoms in total. The van der Waals surface area contributed by atoms with E-state index in [-0.39, 0.29) is 24.2 Å². The van der Waals surface area contributed by atoms with Gasteiger partial charge in [-0.15, -0.1) is 11.3 Å². The summed E-state index contributed by atoms with van der Waals surface area (Å²) in [5, 5.41) is 4.71. The Labute approximate surface area is 132 Å². The highest BCUT2D eigenvalue weighted by Crippen LogP contribution is 2.27. The zero-order chi connectivity index (χ0) is 15.2. The van der Waals surface area contributed by atoms with Gasteiger partial charge in [0.05, 0.1) is 12.1 Å². The van der Waals surface area contributed by atoms with Gasteiger partial charge in [-0.1, -0.05) is 30.0 Å². The number of hydrogen-bond acceptors (Lipinski definition) is 4. The van der Waals surface area contributed by atoms with Gasteiger partial charge in [-0.05, 0) is 25.5 Å². The van der Waals surface area contributed by atoms with E-state index in [1.807, 2.05) is 25.3 Å². The second kappa shape index (κ2) is 7.56. The Bertz CT molecular complexity index is 613. The molecular formula is C15H17FN2OS2. The Morgan fingerprint density at radius 3 is 2.90 bits per heavy atom. The van der Waals surface area contributed by atoms with E-state index in [0.29, 0.717) is 11.3 Å². The molecule has 0 saturated heterocycles. The van der Waals surface area contributed by atoms with Crippen LogP contribution in [-0.4, -0.2) is 16.9 Å². The van der Waals surface area contributed by atoms with Crippen molar-refractivity contribution in [3.63, 3.8) is 0 Å². The van der Waals surface area contributed by atoms with Crippen molar-refractivity contribution in [1.82, 2.24) is 10.3 Å². The van der Waals surface area contributed by atoms with E-state index >= 15 is 0 Å². The number of nitrogens with zero attached hydrogens (tertiary/aromatic N) is 1. The van der Waals surface area contributed by atoms with Crippen molar-refractivity contribution in [2.45, 2.75) is 36.4 Å². The highest BCUT2D eigenvalue weighted by molar-refractivity contribution is 8.00. The van der Waals surface area contributed by atoms with Gasteiger partial charge in [0, 0.05) is 17.2 Å². The molecule has 0 unspecified atom stereocenters. The Balaban J connectivity index is 1.89. The van der Waals surface area contributed by atoms with E-state index in [4.69, 9.17) is 0 Å². The van der Waals surface area contributed by atoms with Crippen LogP contribution in [0.25, 0.3) is 0 Å². The number of rotatable bonds is 6. The van der Waals surface area contributed by atoms with Gasteiger partial charge in [0.25, 0.3) is 0 Å². The van der Waals surface area contributed by atoms with E-state index in [0.717, 1.165) is 10.0 Å². The molecule has 2 aromatic rings. The molecule has 0 aliphatic rings. The summed E-state index contributed by atoms with van der Waals surface area (Å²) in [4.78, 5) is 16.1. The molecular weight excluding hydrogens is 307 g/mol. The first-order valence-electron chi connectivity index (χ1n) is 6.64. The van der Waals surface area contributed by atoms with Crippen molar-refractivity contribution >= 4 is 29.0 Å². The van der Waals surface area contributed by atoms with Gasteiger partial charge in [0.1, 0.15) is 10.2 Å². The van der Waals surface area contributed by atoms with Gasteiger partial charge in [-0.25, -0.2) is 9.37 Å². The molecule has 6 heteroatoms. The normalized spacial score (nSPS) is 10.9. The minimum Gasteiger partial charge on any atom is -0.354 e. The fourth-order valence-corrected chi connectivity index (χ4v) is 3.56. The van der Waals surface area contributed by atoms with Crippen molar-refractivity contribution in [3.8, 4) is 0 Å². The van der Waals surface area contributed by atoms with Crippen LogP contribution in [0.4, 0.5) is 4.39 Å². The van der Waals surface area contributed by atoms with Crippen molar-refractivity contribution < 1.29 is 9.18 Å². The number of nitrogens with one attached hydrogen (secondary N) is 1. The quantitative estimate of drug-likeness (QED) is 0.825.